The van der Waals surface area contributed by atoms with Crippen LogP contribution in [0.25, 0.3) is 0 Å². The van der Waals surface area contributed by atoms with E-state index in [1.54, 1.807) is 14.2 Å². The number of likely N-dealkylation sites (N-methyl/N-ethyl adjacent to an activating group) is 1. The maximum Gasteiger partial charge on any atom is 0.417 e. The van der Waals surface area contributed by atoms with Gasteiger partial charge in [-0.15, -0.1) is 0 Å². The van der Waals surface area contributed by atoms with Crippen molar-refractivity contribution in [2.45, 2.75) is 49.4 Å². The standard InChI is InChI=1S/C25H29ClF3N3O3/c1-32-11-10-24(15-4-7-20(34-2)21(12-15)35-3)9-8-17(14-22(24)32)31-23(33)30-16-5-6-19(26)18(13-16)25(27,28)29/h4-7,12-13,17,22H,8-11,14H2,1-3H3,(H2,30,31,33). The fourth-order valence-corrected chi connectivity index (χ4v) is 5.79. The molecule has 3 unspecified atom stereocenters. The predicted octanol–water partition coefficient (Wildman–Crippen LogP) is 5.69. The molecule has 2 aliphatic rings. The monoisotopic (exact) mass is 511 g/mol. The average Bonchev–Trinajstić information content (AvgIpc) is 3.16. The summed E-state index contributed by atoms with van der Waals surface area (Å²) in [6.45, 7) is 0.933. The second-order valence-corrected chi connectivity index (χ2v) is 9.64. The summed E-state index contributed by atoms with van der Waals surface area (Å²) in [6, 6.07) is 8.94. The number of methoxy groups -OCH3 is 2. The van der Waals surface area contributed by atoms with Gasteiger partial charge in [0.15, 0.2) is 11.5 Å². The third-order valence-electron chi connectivity index (χ3n) is 7.35. The number of benzene rings is 2. The van der Waals surface area contributed by atoms with Gasteiger partial charge in [-0.2, -0.15) is 13.2 Å². The summed E-state index contributed by atoms with van der Waals surface area (Å²) >= 11 is 5.67. The Morgan fingerprint density at radius 1 is 1.11 bits per heavy atom. The van der Waals surface area contributed by atoms with Crippen LogP contribution in [0.15, 0.2) is 36.4 Å². The maximum absolute atomic E-state index is 13.1. The lowest BCUT2D eigenvalue weighted by Gasteiger charge is -2.45. The van der Waals surface area contributed by atoms with Gasteiger partial charge in [0.25, 0.3) is 0 Å². The highest BCUT2D eigenvalue weighted by molar-refractivity contribution is 6.31. The number of amides is 2. The molecular formula is C25H29ClF3N3O3. The molecule has 35 heavy (non-hydrogen) atoms. The molecule has 0 radical (unpaired) electrons. The number of nitrogens with zero attached hydrogens (tertiary/aromatic N) is 1. The van der Waals surface area contributed by atoms with Gasteiger partial charge in [0.2, 0.25) is 0 Å². The number of hydrogen-bond donors (Lipinski definition) is 2. The van der Waals surface area contributed by atoms with Crippen LogP contribution in [0.2, 0.25) is 5.02 Å². The zero-order chi connectivity index (χ0) is 25.4. The molecule has 0 aromatic heterocycles. The molecule has 190 valence electrons. The molecule has 1 aliphatic carbocycles. The quantitative estimate of drug-likeness (QED) is 0.541. The van der Waals surface area contributed by atoms with E-state index >= 15 is 0 Å². The van der Waals surface area contributed by atoms with Crippen LogP contribution in [-0.4, -0.2) is 50.8 Å². The number of urea groups is 1. The zero-order valence-corrected chi connectivity index (χ0v) is 20.6. The van der Waals surface area contributed by atoms with Crippen LogP contribution < -0.4 is 20.1 Å². The van der Waals surface area contributed by atoms with Gasteiger partial charge >= 0.3 is 12.2 Å². The van der Waals surface area contributed by atoms with Gasteiger partial charge in [-0.25, -0.2) is 4.79 Å². The number of carbonyl (C=O) groups excluding carboxylic acids is 1. The molecule has 1 saturated carbocycles. The number of nitrogens with one attached hydrogen (secondary N) is 2. The van der Waals surface area contributed by atoms with E-state index in [2.05, 4.69) is 28.6 Å². The van der Waals surface area contributed by atoms with Crippen molar-refractivity contribution < 1.29 is 27.4 Å². The summed E-state index contributed by atoms with van der Waals surface area (Å²) in [7, 11) is 5.31. The molecule has 2 fully saturated rings. The van der Waals surface area contributed by atoms with E-state index in [1.165, 1.54) is 11.6 Å². The molecule has 3 atom stereocenters. The van der Waals surface area contributed by atoms with Gasteiger partial charge in [-0.05, 0) is 75.2 Å². The van der Waals surface area contributed by atoms with Crippen LogP contribution in [0, 0.1) is 0 Å². The summed E-state index contributed by atoms with van der Waals surface area (Å²) < 4.78 is 50.3. The van der Waals surface area contributed by atoms with E-state index in [-0.39, 0.29) is 23.2 Å². The summed E-state index contributed by atoms with van der Waals surface area (Å²) in [5, 5.41) is 5.05. The molecule has 1 saturated heterocycles. The number of likely N-dealkylation sites (tertiary alicyclic amines) is 1. The van der Waals surface area contributed by atoms with E-state index in [0.29, 0.717) is 11.5 Å². The van der Waals surface area contributed by atoms with Crippen molar-refractivity contribution in [2.24, 2.45) is 0 Å². The molecule has 0 bridgehead atoms. The first kappa shape index (κ1) is 25.4. The highest BCUT2D eigenvalue weighted by Crippen LogP contribution is 2.50. The Morgan fingerprint density at radius 3 is 2.54 bits per heavy atom. The highest BCUT2D eigenvalue weighted by atomic mass is 35.5. The minimum atomic E-state index is -4.60. The molecule has 4 rings (SSSR count). The Kier molecular flexibility index (Phi) is 7.11. The van der Waals surface area contributed by atoms with Crippen LogP contribution >= 0.6 is 11.6 Å². The first-order valence-corrected chi connectivity index (χ1v) is 11.8. The summed E-state index contributed by atoms with van der Waals surface area (Å²) in [4.78, 5) is 14.9. The van der Waals surface area contributed by atoms with Gasteiger partial charge in [0.05, 0.1) is 24.8 Å². The lowest BCUT2D eigenvalue weighted by molar-refractivity contribution is -0.137. The van der Waals surface area contributed by atoms with Crippen molar-refractivity contribution in [3.8, 4) is 11.5 Å². The van der Waals surface area contributed by atoms with Gasteiger partial charge in [0.1, 0.15) is 0 Å². The molecule has 0 spiro atoms. The van der Waals surface area contributed by atoms with Crippen LogP contribution in [0.1, 0.15) is 36.8 Å². The van der Waals surface area contributed by atoms with Crippen LogP contribution in [-0.2, 0) is 11.6 Å². The van der Waals surface area contributed by atoms with Gasteiger partial charge in [0, 0.05) is 23.2 Å². The number of carbonyl (C=O) groups is 1. The van der Waals surface area contributed by atoms with Crippen molar-refractivity contribution >= 4 is 23.3 Å². The lowest BCUT2D eigenvalue weighted by atomic mass is 9.65. The number of alkyl halides is 3. The largest absolute Gasteiger partial charge is 0.493 e. The van der Waals surface area contributed by atoms with Gasteiger partial charge in [-0.3, -0.25) is 0 Å². The van der Waals surface area contributed by atoms with E-state index < -0.39 is 22.8 Å². The Morgan fingerprint density at radius 2 is 1.86 bits per heavy atom. The molecule has 2 aromatic carbocycles. The van der Waals surface area contributed by atoms with Crippen molar-refractivity contribution in [3.63, 3.8) is 0 Å². The Labute approximate surface area is 207 Å². The van der Waals surface area contributed by atoms with Gasteiger partial charge in [-0.1, -0.05) is 17.7 Å². The molecule has 2 amide bonds. The fourth-order valence-electron chi connectivity index (χ4n) is 5.57. The third-order valence-corrected chi connectivity index (χ3v) is 7.68. The number of ether oxygens (including phenoxy) is 2. The van der Waals surface area contributed by atoms with E-state index in [9.17, 15) is 18.0 Å². The number of fused-ring (bicyclic) bond motifs is 1. The normalized spacial score (nSPS) is 24.5. The predicted molar refractivity (Wildman–Crippen MR) is 129 cm³/mol. The van der Waals surface area contributed by atoms with E-state index in [4.69, 9.17) is 21.1 Å². The summed E-state index contributed by atoms with van der Waals surface area (Å²) in [5.41, 5.74) is 0.170. The van der Waals surface area contributed by atoms with Gasteiger partial charge < -0.3 is 25.0 Å². The Hall–Kier alpha value is -2.65. The molecule has 2 aromatic rings. The summed E-state index contributed by atoms with van der Waals surface area (Å²) in [5.74, 6) is 1.37. The van der Waals surface area contributed by atoms with Crippen molar-refractivity contribution in [1.29, 1.82) is 0 Å². The molecular weight excluding hydrogens is 483 g/mol. The summed E-state index contributed by atoms with van der Waals surface area (Å²) in [6.07, 6.45) is -1.27. The topological polar surface area (TPSA) is 62.8 Å². The van der Waals surface area contributed by atoms with Crippen molar-refractivity contribution in [1.82, 2.24) is 10.2 Å². The Bertz CT molecular complexity index is 1100. The average molecular weight is 512 g/mol. The molecule has 6 nitrogen and oxygen atoms in total. The minimum absolute atomic E-state index is 0.0349. The second-order valence-electron chi connectivity index (χ2n) is 9.23. The van der Waals surface area contributed by atoms with Crippen LogP contribution in [0.3, 0.4) is 0 Å². The minimum Gasteiger partial charge on any atom is -0.493 e. The maximum atomic E-state index is 13.1. The van der Waals surface area contributed by atoms with E-state index in [0.717, 1.165) is 44.4 Å². The number of anilines is 1. The number of hydrogen-bond acceptors (Lipinski definition) is 4. The second kappa shape index (κ2) is 9.78. The third kappa shape index (κ3) is 5.02. The van der Waals surface area contributed by atoms with Crippen molar-refractivity contribution in [2.75, 3.05) is 33.1 Å². The first-order chi connectivity index (χ1) is 16.6. The fraction of sp³-hybridized carbons (Fsp3) is 0.480. The SMILES string of the molecule is COc1ccc(C23CCC(NC(=O)Nc4ccc(Cl)c(C(F)(F)F)c4)CC2N(C)CC3)cc1OC. The molecule has 1 aliphatic heterocycles. The van der Waals surface area contributed by atoms with Crippen LogP contribution in [0.5, 0.6) is 11.5 Å². The van der Waals surface area contributed by atoms with Crippen LogP contribution in [0.4, 0.5) is 23.7 Å². The highest BCUT2D eigenvalue weighted by Gasteiger charge is 2.50. The molecule has 2 N–H and O–H groups in total. The molecule has 1 heterocycles. The number of rotatable bonds is 5. The zero-order valence-electron chi connectivity index (χ0n) is 19.8. The smallest absolute Gasteiger partial charge is 0.417 e. The molecule has 10 heteroatoms. The Balaban J connectivity index is 1.47. The lowest BCUT2D eigenvalue weighted by Crippen LogP contribution is -2.52. The number of halogens is 4. The first-order valence-electron chi connectivity index (χ1n) is 11.4. The van der Waals surface area contributed by atoms with Crippen molar-refractivity contribution in [3.05, 3.63) is 52.5 Å². The van der Waals surface area contributed by atoms with E-state index in [1.807, 2.05) is 12.1 Å².